The smallest absolute Gasteiger partial charge is 0.416 e. The largest absolute Gasteiger partial charge is 0.493 e. The fourth-order valence-electron chi connectivity index (χ4n) is 10.9. The Balaban J connectivity index is 0.757. The van der Waals surface area contributed by atoms with Gasteiger partial charge in [-0.25, -0.2) is 9.69 Å². The average molecular weight is 1400 g/mol. The summed E-state index contributed by atoms with van der Waals surface area (Å²) in [5.74, 6) is -1.01. The maximum absolute atomic E-state index is 14.3. The molecular weight excluding hydrogens is 1300 g/mol. The van der Waals surface area contributed by atoms with Gasteiger partial charge in [-0.15, -0.1) is 0 Å². The number of fused-ring (bicyclic) bond motifs is 4. The van der Waals surface area contributed by atoms with E-state index in [9.17, 15) is 38.7 Å². The fourth-order valence-corrected chi connectivity index (χ4v) is 10.9. The molecule has 4 heterocycles. The van der Waals surface area contributed by atoms with Gasteiger partial charge in [-0.3, -0.25) is 33.8 Å². The van der Waals surface area contributed by atoms with E-state index in [0.717, 1.165) is 22.5 Å². The van der Waals surface area contributed by atoms with E-state index >= 15 is 0 Å². The summed E-state index contributed by atoms with van der Waals surface area (Å²) in [7, 11) is 2.97. The number of hydrogen-bond donors (Lipinski definition) is 5. The van der Waals surface area contributed by atoms with Crippen molar-refractivity contribution in [1.29, 1.82) is 0 Å². The van der Waals surface area contributed by atoms with Gasteiger partial charge in [0.1, 0.15) is 18.7 Å². The number of amides is 7. The summed E-state index contributed by atoms with van der Waals surface area (Å²) in [6, 6.07) is 9.99. The van der Waals surface area contributed by atoms with Crippen LogP contribution in [-0.4, -0.2) is 233 Å². The zero-order valence-electron chi connectivity index (χ0n) is 58.8. The zero-order valence-corrected chi connectivity index (χ0v) is 58.8. The molecule has 0 bridgehead atoms. The average Bonchev–Trinajstić information content (AvgIpc) is 1.59. The van der Waals surface area contributed by atoms with Gasteiger partial charge in [0.05, 0.1) is 168 Å². The van der Waals surface area contributed by atoms with Crippen LogP contribution in [0.4, 0.5) is 21.9 Å². The predicted octanol–water partition coefficient (Wildman–Crippen LogP) is 6.39. The Bertz CT molecular complexity index is 3260. The second-order valence-corrected chi connectivity index (χ2v) is 24.4. The molecule has 7 amide bonds. The Morgan fingerprint density at radius 1 is 0.590 bits per heavy atom. The summed E-state index contributed by atoms with van der Waals surface area (Å²) in [6.07, 6.45) is 6.27. The molecule has 0 aliphatic carbocycles. The van der Waals surface area contributed by atoms with Gasteiger partial charge >= 0.3 is 6.09 Å². The lowest BCUT2D eigenvalue weighted by molar-refractivity contribution is -0.132. The SMILES string of the molecule is CCC(=O)NCCOCCOCCOCCOCCOCCOCCOCCOCCC(=O)NC(C(=O)NC(C)C(=O)Nc1ccc(COC(=O)N2c3cc(OCCCCCOc4cc5c(cc4OC)C(=O)N4C=C(C)CC4C=N5)c(OC)cc3C(=O)N3C=C(C)CC3C2O)cc1)C(C)C. The van der Waals surface area contributed by atoms with Crippen LogP contribution in [0, 0.1) is 5.92 Å². The molecule has 3 aromatic carbocycles. The lowest BCUT2D eigenvalue weighted by atomic mass is 10.0. The van der Waals surface area contributed by atoms with Gasteiger partial charge in [0.2, 0.25) is 23.6 Å². The second kappa shape index (κ2) is 42.1. The van der Waals surface area contributed by atoms with Crippen LogP contribution in [0.25, 0.3) is 0 Å². The van der Waals surface area contributed by atoms with Crippen molar-refractivity contribution in [2.45, 2.75) is 123 Å². The van der Waals surface area contributed by atoms with Gasteiger partial charge in [-0.05, 0) is 88.6 Å². The van der Waals surface area contributed by atoms with Gasteiger partial charge in [0.25, 0.3) is 11.8 Å². The van der Waals surface area contributed by atoms with Crippen molar-refractivity contribution in [2.75, 3.05) is 150 Å². The van der Waals surface area contributed by atoms with Gasteiger partial charge in [-0.1, -0.05) is 44.1 Å². The van der Waals surface area contributed by atoms with Crippen LogP contribution in [0.5, 0.6) is 23.0 Å². The molecule has 5 N–H and O–H groups in total. The lowest BCUT2D eigenvalue weighted by Gasteiger charge is -2.31. The summed E-state index contributed by atoms with van der Waals surface area (Å²) in [6.45, 7) is 17.7. The number of anilines is 2. The Morgan fingerprint density at radius 3 is 1.67 bits per heavy atom. The van der Waals surface area contributed by atoms with E-state index in [0.29, 0.717) is 172 Å². The number of carbonyl (C=O) groups is 7. The zero-order chi connectivity index (χ0) is 71.8. The molecule has 3 aromatic rings. The maximum atomic E-state index is 14.3. The Kier molecular flexibility index (Phi) is 33.3. The molecule has 5 atom stereocenters. The first-order valence-electron chi connectivity index (χ1n) is 34.2. The van der Waals surface area contributed by atoms with Crippen LogP contribution < -0.4 is 45.1 Å². The minimum absolute atomic E-state index is 0.00132. The van der Waals surface area contributed by atoms with Crippen molar-refractivity contribution in [2.24, 2.45) is 10.9 Å². The third-order valence-corrected chi connectivity index (χ3v) is 16.3. The van der Waals surface area contributed by atoms with Crippen molar-refractivity contribution in [3.05, 3.63) is 88.8 Å². The third kappa shape index (κ3) is 24.5. The topological polar surface area (TPSA) is 330 Å². The van der Waals surface area contributed by atoms with Crippen molar-refractivity contribution in [3.63, 3.8) is 0 Å². The number of unbranched alkanes of at least 4 members (excludes halogenated alkanes) is 2. The molecule has 0 saturated heterocycles. The molecule has 5 unspecified atom stereocenters. The number of benzene rings is 3. The number of aliphatic hydroxyl groups is 1. The quantitative estimate of drug-likeness (QED) is 0.0382. The monoisotopic (exact) mass is 1400 g/mol. The molecule has 4 aliphatic heterocycles. The van der Waals surface area contributed by atoms with Crippen LogP contribution in [0.15, 0.2) is 77.1 Å². The molecule has 0 saturated carbocycles. The van der Waals surface area contributed by atoms with Gasteiger partial charge < -0.3 is 97.8 Å². The summed E-state index contributed by atoms with van der Waals surface area (Å²) in [5.41, 5.74) is 3.95. The molecule has 29 nitrogen and oxygen atoms in total. The number of aliphatic imine (C=N–C) groups is 1. The molecule has 550 valence electrons. The van der Waals surface area contributed by atoms with Crippen LogP contribution >= 0.6 is 0 Å². The number of hydrogen-bond acceptors (Lipinski definition) is 22. The highest BCUT2D eigenvalue weighted by Gasteiger charge is 2.45. The number of methoxy groups -OCH3 is 2. The lowest BCUT2D eigenvalue weighted by Crippen LogP contribution is -2.53. The van der Waals surface area contributed by atoms with Crippen molar-refractivity contribution < 1.29 is 100 Å². The van der Waals surface area contributed by atoms with Crippen LogP contribution in [0.3, 0.4) is 0 Å². The van der Waals surface area contributed by atoms with E-state index in [1.54, 1.807) is 74.5 Å². The minimum atomic E-state index is -1.52. The molecule has 4 aliphatic rings. The first kappa shape index (κ1) is 79.1. The Labute approximate surface area is 584 Å². The van der Waals surface area contributed by atoms with Crippen LogP contribution in [0.2, 0.25) is 0 Å². The summed E-state index contributed by atoms with van der Waals surface area (Å²) in [5, 5.41) is 22.9. The van der Waals surface area contributed by atoms with Crippen LogP contribution in [-0.2, 0) is 68.4 Å². The Hall–Kier alpha value is -8.26. The molecule has 0 fully saturated rings. The number of nitrogens with one attached hydrogen (secondary N) is 4. The summed E-state index contributed by atoms with van der Waals surface area (Å²) in [4.78, 5) is 101. The molecular formula is C71H100N8O21. The van der Waals surface area contributed by atoms with Gasteiger partial charge in [-0.2, -0.15) is 0 Å². The van der Waals surface area contributed by atoms with Crippen molar-refractivity contribution in [3.8, 4) is 23.0 Å². The third-order valence-electron chi connectivity index (χ3n) is 16.3. The van der Waals surface area contributed by atoms with E-state index in [1.165, 1.54) is 38.2 Å². The van der Waals surface area contributed by atoms with E-state index in [4.69, 9.17) is 61.6 Å². The van der Waals surface area contributed by atoms with E-state index < -0.39 is 54.1 Å². The summed E-state index contributed by atoms with van der Waals surface area (Å²) < 4.78 is 73.5. The standard InChI is InChI=1S/C71H100N8O21/c1-9-63(80)72-18-22-91-24-26-93-28-30-95-32-34-97-36-35-96-33-31-94-29-27-92-25-23-90-21-17-64(81)76-65(47(2)3)67(83)74-50(6)66(82)75-52-15-13-51(14-16-52)46-100-71(87)79-57-42-62(60(89-8)40-55(57)69(85)78-45-49(5)38-58(78)70(79)86)99-20-12-10-11-19-98-61-41-56-54(39-59(61)88-7)68(84)77-44-48(4)37-53(77)43-73-56/h13-16,39-45,47,50,53,58,65,70,86H,9-12,17-38,46H2,1-8H3,(H,72,80)(H,74,83)(H,75,82)(H,76,81). The van der Waals surface area contributed by atoms with Crippen molar-refractivity contribution >= 4 is 64.8 Å². The molecule has 100 heavy (non-hydrogen) atoms. The number of nitrogens with zero attached hydrogens (tertiary/aromatic N) is 4. The highest BCUT2D eigenvalue weighted by atomic mass is 16.6. The first-order chi connectivity index (χ1) is 48.4. The highest BCUT2D eigenvalue weighted by Crippen LogP contribution is 2.43. The molecule has 0 radical (unpaired) electrons. The molecule has 0 spiro atoms. The predicted molar refractivity (Wildman–Crippen MR) is 368 cm³/mol. The fraction of sp³-hybridized carbons (Fsp3) is 0.577. The van der Waals surface area contributed by atoms with E-state index in [2.05, 4.69) is 26.3 Å². The molecule has 7 rings (SSSR count). The highest BCUT2D eigenvalue weighted by molar-refractivity contribution is 6.07. The number of aliphatic hydroxyl groups excluding tert-OH is 1. The van der Waals surface area contributed by atoms with E-state index in [-0.39, 0.29) is 79.4 Å². The first-order valence-corrected chi connectivity index (χ1v) is 34.2. The molecule has 0 aromatic heterocycles. The Morgan fingerprint density at radius 2 is 1.11 bits per heavy atom. The molecule has 29 heteroatoms. The number of rotatable bonds is 46. The van der Waals surface area contributed by atoms with Crippen molar-refractivity contribution in [1.82, 2.24) is 25.8 Å². The van der Waals surface area contributed by atoms with Gasteiger partial charge in [0.15, 0.2) is 29.2 Å². The minimum Gasteiger partial charge on any atom is -0.493 e. The maximum Gasteiger partial charge on any atom is 0.416 e. The normalized spacial score (nSPS) is 16.7. The number of ether oxygens (including phenoxy) is 13. The van der Waals surface area contributed by atoms with E-state index in [1.807, 2.05) is 20.0 Å². The van der Waals surface area contributed by atoms with Gasteiger partial charge in [0, 0.05) is 55.8 Å². The second-order valence-electron chi connectivity index (χ2n) is 24.4. The summed E-state index contributed by atoms with van der Waals surface area (Å²) >= 11 is 0. The van der Waals surface area contributed by atoms with Crippen LogP contribution in [0.1, 0.15) is 113 Å². The number of carbonyl (C=O) groups excluding carboxylic acids is 7.